The molecular weight excluding hydrogens is 348 g/mol. The molecule has 1 fully saturated rings. The molecule has 0 spiro atoms. The summed E-state index contributed by atoms with van der Waals surface area (Å²) < 4.78 is 5.22. The molecule has 1 aromatic heterocycles. The number of hydrogen-bond acceptors (Lipinski definition) is 6. The number of benzene rings is 2. The van der Waals surface area contributed by atoms with Crippen LogP contribution in [0, 0.1) is 0 Å². The van der Waals surface area contributed by atoms with Crippen LogP contribution in [0.3, 0.4) is 0 Å². The quantitative estimate of drug-likeness (QED) is 0.757. The lowest BCUT2D eigenvalue weighted by atomic mass is 10.1. The van der Waals surface area contributed by atoms with Crippen molar-refractivity contribution in [3.8, 4) is 5.75 Å². The van der Waals surface area contributed by atoms with E-state index in [-0.39, 0.29) is 5.24 Å². The van der Waals surface area contributed by atoms with E-state index >= 15 is 0 Å². The number of para-hydroxylation sites is 1. The molecule has 3 aromatic rings. The molecule has 1 aliphatic rings. The number of methoxy groups -OCH3 is 1. The molecule has 0 atom stereocenters. The SMILES string of the molecule is COc1cccc(N=C2NC(=O)SC2=Cc2cccc3nccnc23)c1. The van der Waals surface area contributed by atoms with Crippen molar-refractivity contribution in [1.29, 1.82) is 0 Å². The first kappa shape index (κ1) is 16.3. The maximum absolute atomic E-state index is 11.9. The maximum atomic E-state index is 11.9. The number of aliphatic imine (C=N–C) groups is 1. The zero-order valence-electron chi connectivity index (χ0n) is 13.8. The molecule has 1 aliphatic heterocycles. The second kappa shape index (κ2) is 6.97. The average Bonchev–Trinajstić information content (AvgIpc) is 3.01. The highest BCUT2D eigenvalue weighted by molar-refractivity contribution is 8.18. The van der Waals surface area contributed by atoms with E-state index < -0.39 is 0 Å². The van der Waals surface area contributed by atoms with Crippen LogP contribution in [0.15, 0.2) is 64.8 Å². The molecule has 2 heterocycles. The van der Waals surface area contributed by atoms with Crippen LogP contribution in [-0.2, 0) is 0 Å². The number of hydrogen-bond donors (Lipinski definition) is 1. The molecule has 0 bridgehead atoms. The van der Waals surface area contributed by atoms with E-state index in [1.165, 1.54) is 0 Å². The van der Waals surface area contributed by atoms with Crippen molar-refractivity contribution < 1.29 is 9.53 Å². The Balaban J connectivity index is 1.77. The first-order valence-corrected chi connectivity index (χ1v) is 8.68. The molecule has 0 unspecified atom stereocenters. The molecule has 0 radical (unpaired) electrons. The highest BCUT2D eigenvalue weighted by Crippen LogP contribution is 2.30. The molecule has 0 saturated carbocycles. The Morgan fingerprint density at radius 1 is 1.15 bits per heavy atom. The smallest absolute Gasteiger partial charge is 0.289 e. The molecule has 2 aromatic carbocycles. The number of amidine groups is 1. The van der Waals surface area contributed by atoms with Crippen LogP contribution in [0.4, 0.5) is 10.5 Å². The highest BCUT2D eigenvalue weighted by atomic mass is 32.2. The van der Waals surface area contributed by atoms with Gasteiger partial charge >= 0.3 is 0 Å². The van der Waals surface area contributed by atoms with Gasteiger partial charge in [0.2, 0.25) is 0 Å². The number of rotatable bonds is 3. The monoisotopic (exact) mass is 362 g/mol. The predicted octanol–water partition coefficient (Wildman–Crippen LogP) is 4.17. The van der Waals surface area contributed by atoms with Gasteiger partial charge in [-0.2, -0.15) is 0 Å². The van der Waals surface area contributed by atoms with Crippen LogP contribution in [0.5, 0.6) is 5.75 Å². The minimum Gasteiger partial charge on any atom is -0.497 e. The zero-order valence-corrected chi connectivity index (χ0v) is 14.7. The number of thioether (sulfide) groups is 1. The summed E-state index contributed by atoms with van der Waals surface area (Å²) in [6.45, 7) is 0. The van der Waals surface area contributed by atoms with Gasteiger partial charge in [-0.3, -0.25) is 14.8 Å². The van der Waals surface area contributed by atoms with Gasteiger partial charge in [0.25, 0.3) is 5.24 Å². The lowest BCUT2D eigenvalue weighted by Gasteiger charge is -2.03. The predicted molar refractivity (Wildman–Crippen MR) is 104 cm³/mol. The van der Waals surface area contributed by atoms with Gasteiger partial charge in [-0.05, 0) is 36.0 Å². The molecule has 7 heteroatoms. The van der Waals surface area contributed by atoms with Crippen LogP contribution in [0.2, 0.25) is 0 Å². The summed E-state index contributed by atoms with van der Waals surface area (Å²) >= 11 is 1.11. The molecule has 26 heavy (non-hydrogen) atoms. The maximum Gasteiger partial charge on any atom is 0.289 e. The van der Waals surface area contributed by atoms with E-state index in [9.17, 15) is 4.79 Å². The Hall–Kier alpha value is -3.19. The zero-order chi connectivity index (χ0) is 17.9. The number of fused-ring (bicyclic) bond motifs is 1. The van der Waals surface area contributed by atoms with Gasteiger partial charge in [0.15, 0.2) is 0 Å². The number of carbonyl (C=O) groups is 1. The van der Waals surface area contributed by atoms with Gasteiger partial charge in [-0.1, -0.05) is 18.2 Å². The third kappa shape index (κ3) is 3.29. The van der Waals surface area contributed by atoms with Crippen LogP contribution < -0.4 is 10.1 Å². The number of amides is 1. The molecule has 1 N–H and O–H groups in total. The van der Waals surface area contributed by atoms with Crippen molar-refractivity contribution in [3.63, 3.8) is 0 Å². The van der Waals surface area contributed by atoms with E-state index in [1.54, 1.807) is 19.5 Å². The molecule has 0 aliphatic carbocycles. The molecular formula is C19H14N4O2S. The van der Waals surface area contributed by atoms with Crippen molar-refractivity contribution in [2.75, 3.05) is 7.11 Å². The lowest BCUT2D eigenvalue weighted by Crippen LogP contribution is -2.18. The van der Waals surface area contributed by atoms with Gasteiger partial charge in [0, 0.05) is 24.0 Å². The first-order chi connectivity index (χ1) is 12.7. The van der Waals surface area contributed by atoms with Crippen LogP contribution in [0.1, 0.15) is 5.56 Å². The molecule has 128 valence electrons. The van der Waals surface area contributed by atoms with Gasteiger partial charge in [-0.25, -0.2) is 4.99 Å². The van der Waals surface area contributed by atoms with Crippen molar-refractivity contribution in [2.45, 2.75) is 0 Å². The number of carbonyl (C=O) groups excluding carboxylic acids is 1. The Kier molecular flexibility index (Phi) is 4.37. The molecule has 6 nitrogen and oxygen atoms in total. The first-order valence-electron chi connectivity index (χ1n) is 7.86. The second-order valence-electron chi connectivity index (χ2n) is 5.46. The second-order valence-corrected chi connectivity index (χ2v) is 6.47. The number of ether oxygens (including phenoxy) is 1. The van der Waals surface area contributed by atoms with Crippen molar-refractivity contribution in [3.05, 3.63) is 65.3 Å². The summed E-state index contributed by atoms with van der Waals surface area (Å²) in [6, 6.07) is 13.1. The summed E-state index contributed by atoms with van der Waals surface area (Å²) in [7, 11) is 1.60. The van der Waals surface area contributed by atoms with Gasteiger partial charge in [0.1, 0.15) is 11.6 Å². The van der Waals surface area contributed by atoms with E-state index in [2.05, 4.69) is 20.3 Å². The molecule has 4 rings (SSSR count). The summed E-state index contributed by atoms with van der Waals surface area (Å²) in [6.07, 6.45) is 5.21. The van der Waals surface area contributed by atoms with E-state index in [0.29, 0.717) is 17.3 Å². The molecule has 1 amide bonds. The fourth-order valence-corrected chi connectivity index (χ4v) is 3.32. The minimum atomic E-state index is -0.163. The van der Waals surface area contributed by atoms with Crippen LogP contribution in [0.25, 0.3) is 17.1 Å². The number of nitrogens with zero attached hydrogens (tertiary/aromatic N) is 3. The molecule has 1 saturated heterocycles. The minimum absolute atomic E-state index is 0.163. The van der Waals surface area contributed by atoms with E-state index in [1.807, 2.05) is 48.5 Å². The average molecular weight is 362 g/mol. The Morgan fingerprint density at radius 2 is 2.00 bits per heavy atom. The standard InChI is InChI=1S/C19H14N4O2S/c1-25-14-6-3-5-13(11-14)22-18-16(26-19(24)23-18)10-12-4-2-7-15-17(12)21-9-8-20-15/h2-11H,1H3,(H,22,23,24). The normalized spacial score (nSPS) is 17.0. The fraction of sp³-hybridized carbons (Fsp3) is 0.0526. The van der Waals surface area contributed by atoms with Crippen LogP contribution >= 0.6 is 11.8 Å². The number of aromatic nitrogens is 2. The summed E-state index contributed by atoms with van der Waals surface area (Å²) in [5.41, 5.74) is 3.16. The van der Waals surface area contributed by atoms with Gasteiger partial charge < -0.3 is 10.1 Å². The van der Waals surface area contributed by atoms with E-state index in [0.717, 1.165) is 33.3 Å². The largest absolute Gasteiger partial charge is 0.497 e. The van der Waals surface area contributed by atoms with Crippen molar-refractivity contribution >= 4 is 45.6 Å². The van der Waals surface area contributed by atoms with E-state index in [4.69, 9.17) is 4.74 Å². The van der Waals surface area contributed by atoms with Crippen molar-refractivity contribution in [2.24, 2.45) is 4.99 Å². The van der Waals surface area contributed by atoms with Crippen molar-refractivity contribution in [1.82, 2.24) is 15.3 Å². The lowest BCUT2D eigenvalue weighted by molar-refractivity contribution is 0.265. The van der Waals surface area contributed by atoms with Crippen LogP contribution in [-0.4, -0.2) is 28.2 Å². The fourth-order valence-electron chi connectivity index (χ4n) is 2.59. The highest BCUT2D eigenvalue weighted by Gasteiger charge is 2.24. The Labute approximate surface area is 154 Å². The third-order valence-corrected chi connectivity index (χ3v) is 4.59. The van der Waals surface area contributed by atoms with Gasteiger partial charge in [-0.15, -0.1) is 0 Å². The Morgan fingerprint density at radius 3 is 2.88 bits per heavy atom. The summed E-state index contributed by atoms with van der Waals surface area (Å²) in [5.74, 6) is 1.22. The Bertz CT molecular complexity index is 1060. The number of nitrogens with one attached hydrogen (secondary N) is 1. The summed E-state index contributed by atoms with van der Waals surface area (Å²) in [5, 5.41) is 2.62. The third-order valence-electron chi connectivity index (χ3n) is 3.77. The van der Waals surface area contributed by atoms with Gasteiger partial charge in [0.05, 0.1) is 28.7 Å². The topological polar surface area (TPSA) is 76.5 Å². The summed E-state index contributed by atoms with van der Waals surface area (Å²) in [4.78, 5) is 25.9.